The number of carbonyl (C=O) groups is 1. The van der Waals surface area contributed by atoms with Crippen molar-refractivity contribution in [2.45, 2.75) is 25.8 Å². The standard InChI is InChI=1S/C20H25FN4O4S/c1-12-10-17(29-2)15(11-16(12)21)19(26)14-4-5-18(24-20(14)22)23-13-6-8-25(9-7-13)30(3,27)28/h4-5,10-11,13H,6-9H2,1-3H3,(H3,22,23,24). The number of hydrogen-bond acceptors (Lipinski definition) is 7. The maximum atomic E-state index is 14.0. The Labute approximate surface area is 175 Å². The molecule has 1 aliphatic rings. The summed E-state index contributed by atoms with van der Waals surface area (Å²) < 4.78 is 43.9. The highest BCUT2D eigenvalue weighted by atomic mass is 32.2. The van der Waals surface area contributed by atoms with Crippen LogP contribution in [0.25, 0.3) is 0 Å². The molecule has 162 valence electrons. The Balaban J connectivity index is 1.75. The minimum Gasteiger partial charge on any atom is -0.496 e. The minimum absolute atomic E-state index is 0.0154. The molecule has 0 saturated carbocycles. The molecule has 0 bridgehead atoms. The van der Waals surface area contributed by atoms with E-state index in [1.54, 1.807) is 13.0 Å². The van der Waals surface area contributed by atoms with Crippen molar-refractivity contribution in [3.8, 4) is 5.75 Å². The molecule has 1 aromatic heterocycles. The van der Waals surface area contributed by atoms with Crippen molar-refractivity contribution in [1.29, 1.82) is 0 Å². The second-order valence-electron chi connectivity index (χ2n) is 7.34. The average molecular weight is 437 g/mol. The summed E-state index contributed by atoms with van der Waals surface area (Å²) in [5.41, 5.74) is 6.60. The molecule has 3 N–H and O–H groups in total. The Kier molecular flexibility index (Phi) is 6.27. The van der Waals surface area contributed by atoms with Crippen molar-refractivity contribution in [3.63, 3.8) is 0 Å². The van der Waals surface area contributed by atoms with Crippen LogP contribution in [0.3, 0.4) is 0 Å². The first kappa shape index (κ1) is 22.0. The Bertz CT molecular complexity index is 1070. The number of nitrogen functional groups attached to an aromatic ring is 1. The van der Waals surface area contributed by atoms with Crippen LogP contribution in [0.15, 0.2) is 24.3 Å². The summed E-state index contributed by atoms with van der Waals surface area (Å²) in [5, 5.41) is 3.23. The predicted molar refractivity (Wildman–Crippen MR) is 113 cm³/mol. The lowest BCUT2D eigenvalue weighted by molar-refractivity contribution is 0.103. The van der Waals surface area contributed by atoms with E-state index in [0.29, 0.717) is 37.3 Å². The van der Waals surface area contributed by atoms with E-state index in [-0.39, 0.29) is 28.7 Å². The van der Waals surface area contributed by atoms with Gasteiger partial charge >= 0.3 is 0 Å². The van der Waals surface area contributed by atoms with Gasteiger partial charge in [0.05, 0.1) is 24.5 Å². The van der Waals surface area contributed by atoms with Crippen molar-refractivity contribution in [1.82, 2.24) is 9.29 Å². The number of aryl methyl sites for hydroxylation is 1. The highest BCUT2D eigenvalue weighted by molar-refractivity contribution is 7.88. The van der Waals surface area contributed by atoms with Gasteiger partial charge in [0, 0.05) is 19.1 Å². The summed E-state index contributed by atoms with van der Waals surface area (Å²) in [4.78, 5) is 17.1. The summed E-state index contributed by atoms with van der Waals surface area (Å²) in [5.74, 6) is -0.225. The van der Waals surface area contributed by atoms with Gasteiger partial charge in [0.25, 0.3) is 0 Å². The van der Waals surface area contributed by atoms with Crippen LogP contribution >= 0.6 is 0 Å². The number of nitrogens with zero attached hydrogens (tertiary/aromatic N) is 2. The number of halogens is 1. The van der Waals surface area contributed by atoms with E-state index in [4.69, 9.17) is 10.5 Å². The fraction of sp³-hybridized carbons (Fsp3) is 0.400. The van der Waals surface area contributed by atoms with E-state index in [0.717, 1.165) is 6.07 Å². The largest absolute Gasteiger partial charge is 0.496 e. The Hall–Kier alpha value is -2.72. The van der Waals surface area contributed by atoms with Crippen LogP contribution in [0.2, 0.25) is 0 Å². The third kappa shape index (κ3) is 4.71. The summed E-state index contributed by atoms with van der Waals surface area (Å²) in [6.07, 6.45) is 2.47. The van der Waals surface area contributed by atoms with Crippen molar-refractivity contribution in [2.75, 3.05) is 37.5 Å². The summed E-state index contributed by atoms with van der Waals surface area (Å²) in [6, 6.07) is 5.81. The predicted octanol–water partition coefficient (Wildman–Crippen LogP) is 2.19. The Morgan fingerprint density at radius 2 is 1.93 bits per heavy atom. The number of nitrogens with one attached hydrogen (secondary N) is 1. The van der Waals surface area contributed by atoms with Crippen LogP contribution in [0.5, 0.6) is 5.75 Å². The number of aromatic nitrogens is 1. The van der Waals surface area contributed by atoms with Gasteiger partial charge in [0.1, 0.15) is 23.2 Å². The third-order valence-electron chi connectivity index (χ3n) is 5.17. The first-order chi connectivity index (χ1) is 14.1. The van der Waals surface area contributed by atoms with Crippen LogP contribution in [0.4, 0.5) is 16.0 Å². The molecule has 10 heteroatoms. The molecule has 2 heterocycles. The number of pyridine rings is 1. The first-order valence-electron chi connectivity index (χ1n) is 9.47. The van der Waals surface area contributed by atoms with E-state index in [1.165, 1.54) is 29.8 Å². The van der Waals surface area contributed by atoms with E-state index in [9.17, 15) is 17.6 Å². The molecule has 0 radical (unpaired) electrons. The Morgan fingerprint density at radius 1 is 1.27 bits per heavy atom. The van der Waals surface area contributed by atoms with E-state index in [1.807, 2.05) is 0 Å². The number of nitrogens with two attached hydrogens (primary N) is 1. The molecule has 0 aliphatic carbocycles. The van der Waals surface area contributed by atoms with Crippen LogP contribution < -0.4 is 15.8 Å². The normalized spacial score (nSPS) is 15.7. The lowest BCUT2D eigenvalue weighted by Crippen LogP contribution is -2.41. The quantitative estimate of drug-likeness (QED) is 0.667. The highest BCUT2D eigenvalue weighted by Gasteiger charge is 2.25. The molecule has 3 rings (SSSR count). The van der Waals surface area contributed by atoms with Gasteiger partial charge in [-0.15, -0.1) is 0 Å². The molecule has 0 amide bonds. The van der Waals surface area contributed by atoms with Crippen molar-refractivity contribution in [3.05, 3.63) is 46.8 Å². The molecular weight excluding hydrogens is 411 g/mol. The van der Waals surface area contributed by atoms with E-state index in [2.05, 4.69) is 10.3 Å². The van der Waals surface area contributed by atoms with Crippen LogP contribution in [0, 0.1) is 12.7 Å². The molecule has 1 fully saturated rings. The molecule has 0 unspecified atom stereocenters. The summed E-state index contributed by atoms with van der Waals surface area (Å²) in [6.45, 7) is 2.45. The lowest BCUT2D eigenvalue weighted by atomic mass is 10.0. The number of ketones is 1. The van der Waals surface area contributed by atoms with Gasteiger partial charge in [-0.25, -0.2) is 22.1 Å². The van der Waals surface area contributed by atoms with Gasteiger partial charge in [-0.3, -0.25) is 4.79 Å². The van der Waals surface area contributed by atoms with Crippen molar-refractivity contribution >= 4 is 27.4 Å². The maximum Gasteiger partial charge on any atom is 0.211 e. The Morgan fingerprint density at radius 3 is 2.50 bits per heavy atom. The number of ether oxygens (including phenoxy) is 1. The number of hydrogen-bond donors (Lipinski definition) is 2. The topological polar surface area (TPSA) is 115 Å². The molecular formula is C20H25FN4O4S. The minimum atomic E-state index is -3.19. The monoisotopic (exact) mass is 436 g/mol. The number of sulfonamides is 1. The maximum absolute atomic E-state index is 14.0. The number of rotatable bonds is 6. The number of carbonyl (C=O) groups excluding carboxylic acids is 1. The lowest BCUT2D eigenvalue weighted by Gasteiger charge is -2.31. The molecule has 1 aromatic carbocycles. The summed E-state index contributed by atoms with van der Waals surface area (Å²) in [7, 11) is -1.78. The number of methoxy groups -OCH3 is 1. The molecule has 1 aliphatic heterocycles. The fourth-order valence-corrected chi connectivity index (χ4v) is 4.31. The second kappa shape index (κ2) is 8.57. The van der Waals surface area contributed by atoms with Gasteiger partial charge in [-0.2, -0.15) is 0 Å². The van der Waals surface area contributed by atoms with Crippen LogP contribution in [0.1, 0.15) is 34.3 Å². The van der Waals surface area contributed by atoms with Gasteiger partial charge in [0.2, 0.25) is 15.8 Å². The van der Waals surface area contributed by atoms with Gasteiger partial charge in [0.15, 0.2) is 0 Å². The molecule has 0 spiro atoms. The number of piperidine rings is 1. The molecule has 30 heavy (non-hydrogen) atoms. The van der Waals surface area contributed by atoms with Crippen molar-refractivity contribution < 1.29 is 22.3 Å². The van der Waals surface area contributed by atoms with Gasteiger partial charge in [-0.05, 0) is 49.6 Å². The van der Waals surface area contributed by atoms with Crippen LogP contribution in [-0.4, -0.2) is 56.0 Å². The average Bonchev–Trinajstić information content (AvgIpc) is 2.69. The SMILES string of the molecule is COc1cc(C)c(F)cc1C(=O)c1ccc(NC2CCN(S(C)(=O)=O)CC2)nc1N. The van der Waals surface area contributed by atoms with Gasteiger partial charge in [-0.1, -0.05) is 0 Å². The summed E-state index contributed by atoms with van der Waals surface area (Å²) >= 11 is 0. The first-order valence-corrected chi connectivity index (χ1v) is 11.3. The van der Waals surface area contributed by atoms with E-state index < -0.39 is 21.6 Å². The fourth-order valence-electron chi connectivity index (χ4n) is 3.43. The van der Waals surface area contributed by atoms with E-state index >= 15 is 0 Å². The number of anilines is 2. The van der Waals surface area contributed by atoms with Gasteiger partial charge < -0.3 is 15.8 Å². The van der Waals surface area contributed by atoms with Crippen molar-refractivity contribution in [2.24, 2.45) is 0 Å². The highest BCUT2D eigenvalue weighted by Crippen LogP contribution is 2.27. The smallest absolute Gasteiger partial charge is 0.211 e. The molecule has 1 saturated heterocycles. The zero-order valence-electron chi connectivity index (χ0n) is 17.1. The van der Waals surface area contributed by atoms with Crippen LogP contribution in [-0.2, 0) is 10.0 Å². The molecule has 2 aromatic rings. The second-order valence-corrected chi connectivity index (χ2v) is 9.32. The molecule has 8 nitrogen and oxygen atoms in total. The third-order valence-corrected chi connectivity index (χ3v) is 6.47. The zero-order chi connectivity index (χ0) is 22.1. The molecule has 0 atom stereocenters. The number of benzene rings is 1. The zero-order valence-corrected chi connectivity index (χ0v) is 17.9.